The minimum atomic E-state index is -3.69. The molecule has 1 heterocycles. The number of para-hydroxylation sites is 2. The summed E-state index contributed by atoms with van der Waals surface area (Å²) in [5, 5.41) is 0.508. The Labute approximate surface area is 174 Å². The average Bonchev–Trinajstić information content (AvgIpc) is 3.09. The molecule has 4 rings (SSSR count). The van der Waals surface area contributed by atoms with Crippen molar-refractivity contribution in [3.63, 3.8) is 0 Å². The molecule has 0 fully saturated rings. The summed E-state index contributed by atoms with van der Waals surface area (Å²) in [7, 11) is -3.69. The maximum absolute atomic E-state index is 12.8. The van der Waals surface area contributed by atoms with Crippen LogP contribution in [0.3, 0.4) is 0 Å². The van der Waals surface area contributed by atoms with Gasteiger partial charge in [0.25, 0.3) is 10.0 Å². The van der Waals surface area contributed by atoms with Crippen molar-refractivity contribution < 1.29 is 8.42 Å². The Kier molecular flexibility index (Phi) is 5.30. The monoisotopic (exact) mass is 425 g/mol. The Bertz CT molecular complexity index is 1250. The van der Waals surface area contributed by atoms with Gasteiger partial charge in [-0.15, -0.1) is 0 Å². The van der Waals surface area contributed by atoms with Gasteiger partial charge in [0.1, 0.15) is 5.82 Å². The van der Waals surface area contributed by atoms with Gasteiger partial charge in [-0.2, -0.15) is 0 Å². The molecule has 0 bridgehead atoms. The van der Waals surface area contributed by atoms with Crippen LogP contribution in [0.2, 0.25) is 5.02 Å². The Hall–Kier alpha value is -2.83. The molecule has 2 N–H and O–H groups in total. The fourth-order valence-electron chi connectivity index (χ4n) is 3.30. The molecule has 29 heavy (non-hydrogen) atoms. The summed E-state index contributed by atoms with van der Waals surface area (Å²) in [6, 6.07) is 20.1. The van der Waals surface area contributed by atoms with Crippen LogP contribution in [0.5, 0.6) is 0 Å². The zero-order chi connectivity index (χ0) is 20.4. The first kappa shape index (κ1) is 19.5. The van der Waals surface area contributed by atoms with Gasteiger partial charge in [0.2, 0.25) is 0 Å². The smallest absolute Gasteiger partial charge is 0.262 e. The number of anilines is 1. The first-order valence-electron chi connectivity index (χ1n) is 9.22. The average molecular weight is 426 g/mol. The standard InChI is InChI=1S/C22H20ClN3O2S/c1-15-13-17(23)10-11-21(15)29(27,28)26-18-6-4-5-16(14-18)9-12-22-24-19-7-2-3-8-20(19)25-22/h2-8,10-11,13-14,26H,9,12H2,1H3,(H,24,25). The summed E-state index contributed by atoms with van der Waals surface area (Å²) in [4.78, 5) is 8.12. The fraction of sp³-hybridized carbons (Fsp3) is 0.136. The predicted molar refractivity (Wildman–Crippen MR) is 117 cm³/mol. The van der Waals surface area contributed by atoms with Crippen molar-refractivity contribution in [1.82, 2.24) is 9.97 Å². The number of sulfonamides is 1. The zero-order valence-corrected chi connectivity index (χ0v) is 17.4. The van der Waals surface area contributed by atoms with Crippen LogP contribution in [0, 0.1) is 6.92 Å². The molecule has 0 spiro atoms. The molecule has 0 aliphatic heterocycles. The first-order chi connectivity index (χ1) is 13.9. The molecule has 148 valence electrons. The molecule has 0 unspecified atom stereocenters. The number of nitrogens with one attached hydrogen (secondary N) is 2. The lowest BCUT2D eigenvalue weighted by Gasteiger charge is -2.11. The zero-order valence-electron chi connectivity index (χ0n) is 15.8. The second-order valence-electron chi connectivity index (χ2n) is 6.92. The third kappa shape index (κ3) is 4.44. The largest absolute Gasteiger partial charge is 0.342 e. The molecule has 0 atom stereocenters. The summed E-state index contributed by atoms with van der Waals surface area (Å²) in [6.45, 7) is 1.73. The van der Waals surface area contributed by atoms with Crippen molar-refractivity contribution in [3.8, 4) is 0 Å². The maximum atomic E-state index is 12.8. The quantitative estimate of drug-likeness (QED) is 0.450. The number of halogens is 1. The van der Waals surface area contributed by atoms with Gasteiger partial charge >= 0.3 is 0 Å². The van der Waals surface area contributed by atoms with Gasteiger partial charge in [-0.1, -0.05) is 35.9 Å². The minimum absolute atomic E-state index is 0.217. The summed E-state index contributed by atoms with van der Waals surface area (Å²) in [5.74, 6) is 0.911. The van der Waals surface area contributed by atoms with Crippen LogP contribution >= 0.6 is 11.6 Å². The Morgan fingerprint density at radius 3 is 2.62 bits per heavy atom. The highest BCUT2D eigenvalue weighted by Gasteiger charge is 2.17. The van der Waals surface area contributed by atoms with E-state index in [2.05, 4.69) is 14.7 Å². The molecule has 3 aromatic carbocycles. The van der Waals surface area contributed by atoms with E-state index in [4.69, 9.17) is 11.6 Å². The lowest BCUT2D eigenvalue weighted by Crippen LogP contribution is -2.14. The van der Waals surface area contributed by atoms with E-state index in [1.54, 1.807) is 25.1 Å². The van der Waals surface area contributed by atoms with Gasteiger partial charge in [-0.05, 0) is 66.9 Å². The van der Waals surface area contributed by atoms with Gasteiger partial charge in [0.05, 0.1) is 15.9 Å². The van der Waals surface area contributed by atoms with E-state index < -0.39 is 10.0 Å². The molecule has 7 heteroatoms. The van der Waals surface area contributed by atoms with E-state index in [1.165, 1.54) is 6.07 Å². The molecule has 0 aliphatic rings. The number of aromatic nitrogens is 2. The van der Waals surface area contributed by atoms with Crippen molar-refractivity contribution in [2.24, 2.45) is 0 Å². The van der Waals surface area contributed by atoms with Crippen LogP contribution in [-0.2, 0) is 22.9 Å². The Morgan fingerprint density at radius 1 is 1.00 bits per heavy atom. The molecule has 0 radical (unpaired) electrons. The highest BCUT2D eigenvalue weighted by Crippen LogP contribution is 2.23. The first-order valence-corrected chi connectivity index (χ1v) is 11.1. The number of nitrogens with zero attached hydrogens (tertiary/aromatic N) is 1. The van der Waals surface area contributed by atoms with Crippen LogP contribution in [0.15, 0.2) is 71.6 Å². The summed E-state index contributed by atoms with van der Waals surface area (Å²) < 4.78 is 28.2. The minimum Gasteiger partial charge on any atom is -0.342 e. The SMILES string of the molecule is Cc1cc(Cl)ccc1S(=O)(=O)Nc1cccc(CCc2nc3ccccc3[nH]2)c1. The second-order valence-corrected chi connectivity index (χ2v) is 9.00. The van der Waals surface area contributed by atoms with Gasteiger partial charge < -0.3 is 4.98 Å². The van der Waals surface area contributed by atoms with E-state index in [9.17, 15) is 8.42 Å². The molecule has 0 saturated heterocycles. The molecular formula is C22H20ClN3O2S. The van der Waals surface area contributed by atoms with E-state index in [-0.39, 0.29) is 4.90 Å². The van der Waals surface area contributed by atoms with Crippen LogP contribution in [-0.4, -0.2) is 18.4 Å². The highest BCUT2D eigenvalue weighted by molar-refractivity contribution is 7.92. The molecule has 5 nitrogen and oxygen atoms in total. The topological polar surface area (TPSA) is 74.8 Å². The van der Waals surface area contributed by atoms with E-state index >= 15 is 0 Å². The third-order valence-corrected chi connectivity index (χ3v) is 6.47. The fourth-order valence-corrected chi connectivity index (χ4v) is 4.81. The molecule has 1 aromatic heterocycles. The van der Waals surface area contributed by atoms with Crippen molar-refractivity contribution >= 4 is 38.3 Å². The number of benzene rings is 3. The number of imidazole rings is 1. The third-order valence-electron chi connectivity index (χ3n) is 4.69. The number of fused-ring (bicyclic) bond motifs is 1. The molecule has 0 saturated carbocycles. The number of hydrogen-bond donors (Lipinski definition) is 2. The highest BCUT2D eigenvalue weighted by atomic mass is 35.5. The van der Waals surface area contributed by atoms with Crippen LogP contribution < -0.4 is 4.72 Å². The van der Waals surface area contributed by atoms with Crippen LogP contribution in [0.1, 0.15) is 17.0 Å². The number of hydrogen-bond acceptors (Lipinski definition) is 3. The van der Waals surface area contributed by atoms with Crippen molar-refractivity contribution in [2.75, 3.05) is 4.72 Å². The molecule has 0 aliphatic carbocycles. The predicted octanol–water partition coefficient (Wildman–Crippen LogP) is 5.11. The van der Waals surface area contributed by atoms with Gasteiger partial charge in [0, 0.05) is 17.1 Å². The Balaban J connectivity index is 1.49. The molecule has 0 amide bonds. The number of aromatic amines is 1. The van der Waals surface area contributed by atoms with Crippen LogP contribution in [0.25, 0.3) is 11.0 Å². The molecular weight excluding hydrogens is 406 g/mol. The number of rotatable bonds is 6. The van der Waals surface area contributed by atoms with Crippen molar-refractivity contribution in [2.45, 2.75) is 24.7 Å². The Morgan fingerprint density at radius 2 is 1.83 bits per heavy atom. The van der Waals surface area contributed by atoms with Gasteiger partial charge in [-0.25, -0.2) is 13.4 Å². The van der Waals surface area contributed by atoms with E-state index in [1.807, 2.05) is 42.5 Å². The van der Waals surface area contributed by atoms with Gasteiger partial charge in [-0.3, -0.25) is 4.72 Å². The summed E-state index contributed by atoms with van der Waals surface area (Å²) >= 11 is 5.94. The summed E-state index contributed by atoms with van der Waals surface area (Å²) in [5.41, 5.74) is 4.12. The summed E-state index contributed by atoms with van der Waals surface area (Å²) in [6.07, 6.45) is 1.48. The van der Waals surface area contributed by atoms with E-state index in [0.29, 0.717) is 16.3 Å². The van der Waals surface area contributed by atoms with Crippen molar-refractivity contribution in [3.05, 3.63) is 88.7 Å². The van der Waals surface area contributed by atoms with Crippen LogP contribution in [0.4, 0.5) is 5.69 Å². The lowest BCUT2D eigenvalue weighted by atomic mass is 10.1. The van der Waals surface area contributed by atoms with Crippen molar-refractivity contribution in [1.29, 1.82) is 0 Å². The second kappa shape index (κ2) is 7.89. The number of aryl methyl sites for hydroxylation is 3. The van der Waals surface area contributed by atoms with Gasteiger partial charge in [0.15, 0.2) is 0 Å². The number of H-pyrrole nitrogens is 1. The molecule has 4 aromatic rings. The maximum Gasteiger partial charge on any atom is 0.262 e. The van der Waals surface area contributed by atoms with E-state index in [0.717, 1.165) is 35.3 Å². The normalized spacial score (nSPS) is 11.7. The lowest BCUT2D eigenvalue weighted by molar-refractivity contribution is 0.600.